The fourth-order valence-electron chi connectivity index (χ4n) is 2.56. The van der Waals surface area contributed by atoms with E-state index in [2.05, 4.69) is 4.98 Å². The molecule has 0 bridgehead atoms. The fraction of sp³-hybridized carbons (Fsp3) is 0.412. The maximum atomic E-state index is 12.7. The number of hydrogen-bond donors (Lipinski definition) is 0. The predicted octanol–water partition coefficient (Wildman–Crippen LogP) is 3.13. The molecule has 0 spiro atoms. The van der Waals surface area contributed by atoms with Crippen LogP contribution >= 0.6 is 0 Å². The van der Waals surface area contributed by atoms with Crippen molar-refractivity contribution in [3.8, 4) is 5.75 Å². The van der Waals surface area contributed by atoms with Crippen LogP contribution in [0.1, 0.15) is 28.4 Å². The summed E-state index contributed by atoms with van der Waals surface area (Å²) in [5, 5.41) is 0. The number of hydrogen-bond acceptors (Lipinski definition) is 5. The zero-order chi connectivity index (χ0) is 18.7. The molecule has 6 nitrogen and oxygen atoms in total. The van der Waals surface area contributed by atoms with E-state index in [1.54, 1.807) is 11.9 Å². The molecule has 1 aliphatic heterocycles. The molecule has 140 valence electrons. The molecule has 0 unspecified atom stereocenters. The first-order valence-corrected chi connectivity index (χ1v) is 7.94. The van der Waals surface area contributed by atoms with Crippen LogP contribution in [0.5, 0.6) is 5.75 Å². The van der Waals surface area contributed by atoms with Crippen LogP contribution in [0.15, 0.2) is 34.9 Å². The smallest absolute Gasteiger partial charge is 0.416 e. The van der Waals surface area contributed by atoms with Crippen molar-refractivity contribution >= 4 is 5.91 Å². The quantitative estimate of drug-likeness (QED) is 0.809. The normalized spacial score (nSPS) is 17.3. The molecule has 1 fully saturated rings. The van der Waals surface area contributed by atoms with Gasteiger partial charge in [-0.1, -0.05) is 6.07 Å². The lowest BCUT2D eigenvalue weighted by Crippen LogP contribution is -2.37. The van der Waals surface area contributed by atoms with Gasteiger partial charge in [-0.2, -0.15) is 13.2 Å². The molecule has 1 atom stereocenters. The van der Waals surface area contributed by atoms with Gasteiger partial charge in [-0.25, -0.2) is 4.98 Å². The van der Waals surface area contributed by atoms with Gasteiger partial charge in [0.1, 0.15) is 12.0 Å². The number of nitrogens with zero attached hydrogens (tertiary/aromatic N) is 2. The van der Waals surface area contributed by atoms with Crippen molar-refractivity contribution in [3.63, 3.8) is 0 Å². The molecule has 0 aliphatic carbocycles. The van der Waals surface area contributed by atoms with E-state index >= 15 is 0 Å². The first-order chi connectivity index (χ1) is 12.3. The predicted molar refractivity (Wildman–Crippen MR) is 83.6 cm³/mol. The molecule has 2 aromatic rings. The molecule has 9 heteroatoms. The van der Waals surface area contributed by atoms with Crippen LogP contribution in [0.2, 0.25) is 0 Å². The van der Waals surface area contributed by atoms with Crippen molar-refractivity contribution in [2.24, 2.45) is 0 Å². The number of halogens is 3. The summed E-state index contributed by atoms with van der Waals surface area (Å²) in [7, 11) is 1.66. The lowest BCUT2D eigenvalue weighted by atomic mass is 10.2. The second kappa shape index (κ2) is 7.36. The van der Waals surface area contributed by atoms with Crippen molar-refractivity contribution in [2.75, 3.05) is 20.3 Å². The molecule has 1 saturated heterocycles. The van der Waals surface area contributed by atoms with Gasteiger partial charge < -0.3 is 18.8 Å². The number of benzene rings is 1. The first kappa shape index (κ1) is 18.2. The number of carbonyl (C=O) groups excluding carboxylic acids is 1. The van der Waals surface area contributed by atoms with Crippen molar-refractivity contribution in [3.05, 3.63) is 47.7 Å². The third-order valence-electron chi connectivity index (χ3n) is 4.07. The minimum Gasteiger partial charge on any atom is -0.484 e. The van der Waals surface area contributed by atoms with Gasteiger partial charge in [0.05, 0.1) is 18.2 Å². The Morgan fingerprint density at radius 2 is 2.23 bits per heavy atom. The van der Waals surface area contributed by atoms with Crippen LogP contribution in [0.4, 0.5) is 13.2 Å². The number of aromatic nitrogens is 1. The van der Waals surface area contributed by atoms with Gasteiger partial charge in [0.2, 0.25) is 5.89 Å². The third kappa shape index (κ3) is 4.16. The Morgan fingerprint density at radius 1 is 1.42 bits per heavy atom. The van der Waals surface area contributed by atoms with Gasteiger partial charge in [-0.05, 0) is 24.6 Å². The largest absolute Gasteiger partial charge is 0.484 e. The maximum absolute atomic E-state index is 12.7. The number of carbonyl (C=O) groups is 1. The maximum Gasteiger partial charge on any atom is 0.416 e. The van der Waals surface area contributed by atoms with E-state index in [1.165, 1.54) is 18.4 Å². The Morgan fingerprint density at radius 3 is 2.92 bits per heavy atom. The summed E-state index contributed by atoms with van der Waals surface area (Å²) in [6.07, 6.45) is -2.48. The molecule has 1 aromatic heterocycles. The summed E-state index contributed by atoms with van der Waals surface area (Å²) < 4.78 is 53.8. The molecule has 26 heavy (non-hydrogen) atoms. The Kier molecular flexibility index (Phi) is 5.17. The second-order valence-corrected chi connectivity index (χ2v) is 5.87. The monoisotopic (exact) mass is 370 g/mol. The summed E-state index contributed by atoms with van der Waals surface area (Å²) >= 11 is 0. The third-order valence-corrected chi connectivity index (χ3v) is 4.07. The van der Waals surface area contributed by atoms with E-state index in [1.807, 2.05) is 0 Å². The summed E-state index contributed by atoms with van der Waals surface area (Å²) in [5.74, 6) is -0.178. The molecular weight excluding hydrogens is 353 g/mol. The van der Waals surface area contributed by atoms with Gasteiger partial charge in [0.15, 0.2) is 12.3 Å². The van der Waals surface area contributed by atoms with E-state index in [-0.39, 0.29) is 35.9 Å². The molecule has 2 heterocycles. The highest BCUT2D eigenvalue weighted by Gasteiger charge is 2.30. The standard InChI is InChI=1S/C17H17F3N2O4/c1-22(12-5-6-24-8-12)16(23)14-9-26-15(21-14)10-25-13-4-2-3-11(7-13)17(18,19)20/h2-4,7,9,12H,5-6,8,10H2,1H3/t12-/m1/s1. The van der Waals surface area contributed by atoms with Crippen molar-refractivity contribution < 1.29 is 31.9 Å². The first-order valence-electron chi connectivity index (χ1n) is 7.94. The molecule has 0 saturated carbocycles. The number of alkyl halides is 3. The molecule has 3 rings (SSSR count). The van der Waals surface area contributed by atoms with Crippen molar-refractivity contribution in [1.29, 1.82) is 0 Å². The van der Waals surface area contributed by atoms with E-state index < -0.39 is 11.7 Å². The molecule has 0 radical (unpaired) electrons. The summed E-state index contributed by atoms with van der Waals surface area (Å²) in [5.41, 5.74) is -0.694. The molecule has 1 aliphatic rings. The summed E-state index contributed by atoms with van der Waals surface area (Å²) in [4.78, 5) is 17.9. The minimum absolute atomic E-state index is 0.0102. The summed E-state index contributed by atoms with van der Waals surface area (Å²) in [6.45, 7) is 0.896. The average molecular weight is 370 g/mol. The zero-order valence-electron chi connectivity index (χ0n) is 14.0. The van der Waals surface area contributed by atoms with Crippen LogP contribution in [0, 0.1) is 0 Å². The van der Waals surface area contributed by atoms with Crippen molar-refractivity contribution in [2.45, 2.75) is 25.2 Å². The van der Waals surface area contributed by atoms with E-state index in [9.17, 15) is 18.0 Å². The Bertz CT molecular complexity index is 769. The van der Waals surface area contributed by atoms with Gasteiger partial charge in [-0.3, -0.25) is 4.79 Å². The van der Waals surface area contributed by atoms with Gasteiger partial charge in [0, 0.05) is 13.7 Å². The zero-order valence-corrected chi connectivity index (χ0v) is 14.0. The molecule has 1 aromatic carbocycles. The number of likely N-dealkylation sites (N-methyl/N-ethyl adjacent to an activating group) is 1. The second-order valence-electron chi connectivity index (χ2n) is 5.87. The fourth-order valence-corrected chi connectivity index (χ4v) is 2.56. The SMILES string of the molecule is CN(C(=O)c1coc(COc2cccc(C(F)(F)F)c2)n1)[C@@H]1CCOC1. The Labute approximate surface area is 147 Å². The topological polar surface area (TPSA) is 64.8 Å². The van der Waals surface area contributed by atoms with E-state index in [0.717, 1.165) is 18.6 Å². The number of rotatable bonds is 5. The highest BCUT2D eigenvalue weighted by Crippen LogP contribution is 2.31. The summed E-state index contributed by atoms with van der Waals surface area (Å²) in [6, 6.07) is 4.49. The number of ether oxygens (including phenoxy) is 2. The van der Waals surface area contributed by atoms with Crippen molar-refractivity contribution in [1.82, 2.24) is 9.88 Å². The van der Waals surface area contributed by atoms with E-state index in [0.29, 0.717) is 13.2 Å². The highest BCUT2D eigenvalue weighted by molar-refractivity contribution is 5.92. The Balaban J connectivity index is 1.61. The van der Waals surface area contributed by atoms with E-state index in [4.69, 9.17) is 13.9 Å². The minimum atomic E-state index is -4.45. The lowest BCUT2D eigenvalue weighted by Gasteiger charge is -2.21. The molecule has 1 amide bonds. The van der Waals surface area contributed by atoms with Gasteiger partial charge in [0.25, 0.3) is 5.91 Å². The van der Waals surface area contributed by atoms with Gasteiger partial charge >= 0.3 is 6.18 Å². The van der Waals surface area contributed by atoms with Crippen LogP contribution in [-0.2, 0) is 17.5 Å². The number of amides is 1. The van der Waals surface area contributed by atoms with Crippen LogP contribution in [0.25, 0.3) is 0 Å². The van der Waals surface area contributed by atoms with Crippen LogP contribution < -0.4 is 4.74 Å². The number of oxazole rings is 1. The molecule has 0 N–H and O–H groups in total. The average Bonchev–Trinajstić information content (AvgIpc) is 3.30. The Hall–Kier alpha value is -2.55. The van der Waals surface area contributed by atoms with Crippen LogP contribution in [-0.4, -0.2) is 42.1 Å². The highest BCUT2D eigenvalue weighted by atomic mass is 19.4. The van der Waals surface area contributed by atoms with Crippen LogP contribution in [0.3, 0.4) is 0 Å². The molecular formula is C17H17F3N2O4. The lowest BCUT2D eigenvalue weighted by molar-refractivity contribution is -0.137. The van der Waals surface area contributed by atoms with Gasteiger partial charge in [-0.15, -0.1) is 0 Å².